The number of carbonyl (C=O) groups excluding carboxylic acids is 5. The Morgan fingerprint density at radius 1 is 0.745 bits per heavy atom. The Morgan fingerprint density at radius 3 is 2.13 bits per heavy atom. The number of ether oxygens (including phenoxy) is 2. The van der Waals surface area contributed by atoms with Gasteiger partial charge in [-0.05, 0) is 104 Å². The molecule has 0 saturated carbocycles. The highest BCUT2D eigenvalue weighted by Gasteiger charge is 2.27. The molecule has 1 saturated heterocycles. The van der Waals surface area contributed by atoms with E-state index in [4.69, 9.17) is 9.47 Å². The van der Waals surface area contributed by atoms with Gasteiger partial charge in [0.15, 0.2) is 0 Å². The van der Waals surface area contributed by atoms with Crippen LogP contribution in [0.2, 0.25) is 0 Å². The smallest absolute Gasteiger partial charge is 0.337 e. The maximum Gasteiger partial charge on any atom is 0.337 e. The average molecular weight is 765 g/mol. The third-order valence-electron chi connectivity index (χ3n) is 10.1. The lowest BCUT2D eigenvalue weighted by molar-refractivity contribution is -0.146. The minimum absolute atomic E-state index is 0.0402. The number of piperazine rings is 1. The lowest BCUT2D eigenvalue weighted by atomic mass is 9.95. The molecule has 0 spiro atoms. The van der Waals surface area contributed by atoms with E-state index in [0.717, 1.165) is 65.7 Å². The van der Waals surface area contributed by atoms with Gasteiger partial charge < -0.3 is 25.0 Å². The molecule has 2 heterocycles. The van der Waals surface area contributed by atoms with Gasteiger partial charge in [0, 0.05) is 55.3 Å². The van der Waals surface area contributed by atoms with Gasteiger partial charge in [0.2, 0.25) is 5.91 Å². The monoisotopic (exact) mass is 764 g/mol. The topological polar surface area (TPSA) is 134 Å². The molecule has 4 aromatic rings. The average Bonchev–Trinajstić information content (AvgIpc) is 3.58. The van der Waals surface area contributed by atoms with Crippen LogP contribution in [-0.2, 0) is 51.3 Å². The van der Waals surface area contributed by atoms with Crippen molar-refractivity contribution < 1.29 is 33.4 Å². The molecule has 0 bridgehead atoms. The van der Waals surface area contributed by atoms with Gasteiger partial charge in [-0.2, -0.15) is 0 Å². The molecule has 3 amide bonds. The normalized spacial score (nSPS) is 14.1. The van der Waals surface area contributed by atoms with Gasteiger partial charge in [-0.3, -0.25) is 24.1 Å². The Morgan fingerprint density at radius 2 is 1.44 bits per heavy atom. The summed E-state index contributed by atoms with van der Waals surface area (Å²) in [7, 11) is 1.37. The number of methoxy groups -OCH3 is 1. The Bertz CT molecular complexity index is 2000. The van der Waals surface area contributed by atoms with Gasteiger partial charge >= 0.3 is 11.9 Å². The predicted octanol–water partition coefficient (Wildman–Crippen LogP) is 6.69. The Balaban J connectivity index is 1.05. The summed E-state index contributed by atoms with van der Waals surface area (Å²) in [5.74, 6) is -1.25. The van der Waals surface area contributed by atoms with Crippen LogP contribution in [0.3, 0.4) is 0 Å². The SMILES string of the molecule is CCOC(=O)CCC(=O)N1CCN(Cc2cccc(C(=O)Nc3sc4c(c3C(=O)Nc3ccc(CCc5ccc(C(=O)OC)cc5)cc3)CCCC4)c2)CC1. The maximum atomic E-state index is 13.9. The fraction of sp³-hybridized carbons (Fsp3) is 0.372. The number of esters is 2. The van der Waals surface area contributed by atoms with E-state index in [0.29, 0.717) is 66.7 Å². The number of anilines is 2. The molecular weight excluding hydrogens is 717 g/mol. The largest absolute Gasteiger partial charge is 0.466 e. The first-order chi connectivity index (χ1) is 26.7. The number of hydrogen-bond acceptors (Lipinski definition) is 9. The summed E-state index contributed by atoms with van der Waals surface area (Å²) in [6.07, 6.45) is 5.58. The molecular formula is C43H48N4O7S. The maximum absolute atomic E-state index is 13.9. The highest BCUT2D eigenvalue weighted by atomic mass is 32.1. The van der Waals surface area contributed by atoms with Crippen LogP contribution in [0.5, 0.6) is 0 Å². The van der Waals surface area contributed by atoms with Crippen LogP contribution in [0.1, 0.15) is 90.8 Å². The minimum atomic E-state index is -0.354. The summed E-state index contributed by atoms with van der Waals surface area (Å²) in [6, 6.07) is 22.8. The van der Waals surface area contributed by atoms with E-state index in [1.54, 1.807) is 30.0 Å². The van der Waals surface area contributed by atoms with Crippen molar-refractivity contribution in [1.82, 2.24) is 9.80 Å². The van der Waals surface area contributed by atoms with Crippen molar-refractivity contribution in [3.8, 4) is 0 Å². The summed E-state index contributed by atoms with van der Waals surface area (Å²) in [5, 5.41) is 6.73. The number of nitrogens with one attached hydrogen (secondary N) is 2. The lowest BCUT2D eigenvalue weighted by Gasteiger charge is -2.34. The zero-order valence-electron chi connectivity index (χ0n) is 31.5. The second-order valence-electron chi connectivity index (χ2n) is 13.9. The highest BCUT2D eigenvalue weighted by molar-refractivity contribution is 7.17. The van der Waals surface area contributed by atoms with Crippen molar-refractivity contribution in [2.24, 2.45) is 0 Å². The molecule has 1 fully saturated rings. The predicted molar refractivity (Wildman–Crippen MR) is 213 cm³/mol. The summed E-state index contributed by atoms with van der Waals surface area (Å²) >= 11 is 1.49. The van der Waals surface area contributed by atoms with Crippen LogP contribution in [-0.4, -0.2) is 79.4 Å². The summed E-state index contributed by atoms with van der Waals surface area (Å²) in [5.41, 5.74) is 6.50. The number of benzene rings is 3. The van der Waals surface area contributed by atoms with E-state index in [-0.39, 0.29) is 42.5 Å². The fourth-order valence-corrected chi connectivity index (χ4v) is 8.34. The Labute approximate surface area is 326 Å². The molecule has 2 aliphatic rings. The van der Waals surface area contributed by atoms with Crippen molar-refractivity contribution in [1.29, 1.82) is 0 Å². The molecule has 2 N–H and O–H groups in total. The lowest BCUT2D eigenvalue weighted by Crippen LogP contribution is -2.48. The van der Waals surface area contributed by atoms with E-state index in [2.05, 4.69) is 15.5 Å². The number of nitrogens with zero attached hydrogens (tertiary/aromatic N) is 2. The molecule has 3 aromatic carbocycles. The summed E-state index contributed by atoms with van der Waals surface area (Å²) in [4.78, 5) is 68.7. The first-order valence-electron chi connectivity index (χ1n) is 19.0. The van der Waals surface area contributed by atoms with Crippen LogP contribution in [0, 0.1) is 0 Å². The quantitative estimate of drug-likeness (QED) is 0.136. The van der Waals surface area contributed by atoms with Crippen LogP contribution in [0.4, 0.5) is 10.7 Å². The first kappa shape index (κ1) is 39.4. The molecule has 0 radical (unpaired) electrons. The van der Waals surface area contributed by atoms with Gasteiger partial charge in [0.25, 0.3) is 11.8 Å². The molecule has 55 heavy (non-hydrogen) atoms. The molecule has 1 aliphatic heterocycles. The van der Waals surface area contributed by atoms with E-state index in [1.807, 2.05) is 54.6 Å². The van der Waals surface area contributed by atoms with Crippen molar-refractivity contribution in [2.45, 2.75) is 64.8 Å². The van der Waals surface area contributed by atoms with Gasteiger partial charge in [0.1, 0.15) is 5.00 Å². The second-order valence-corrected chi connectivity index (χ2v) is 15.0. The number of aryl methyl sites for hydroxylation is 3. The van der Waals surface area contributed by atoms with E-state index >= 15 is 0 Å². The number of thiophene rings is 1. The standard InChI is InChI=1S/C43H48N4O7S/c1-3-54-38(49)22-21-37(48)47-25-23-46(24-26-47)28-31-7-6-8-33(27-31)40(50)45-42-39(35-9-4-5-10-36(35)55-42)41(51)44-34-19-15-30(16-20-34)12-11-29-13-17-32(18-14-29)43(52)53-2/h6-8,13-20,27H,3-5,9-12,21-26,28H2,1-2H3,(H,44,51)(H,45,50). The number of hydrogen-bond donors (Lipinski definition) is 2. The molecule has 6 rings (SSSR count). The van der Waals surface area contributed by atoms with Crippen molar-refractivity contribution in [3.63, 3.8) is 0 Å². The van der Waals surface area contributed by atoms with Crippen molar-refractivity contribution >= 4 is 51.7 Å². The molecule has 288 valence electrons. The molecule has 1 aromatic heterocycles. The Kier molecular flexibility index (Phi) is 13.5. The molecule has 11 nitrogen and oxygen atoms in total. The summed E-state index contributed by atoms with van der Waals surface area (Å²) < 4.78 is 9.71. The molecule has 12 heteroatoms. The van der Waals surface area contributed by atoms with Crippen molar-refractivity contribution in [3.05, 3.63) is 117 Å². The number of carbonyl (C=O) groups is 5. The number of rotatable bonds is 14. The number of amides is 3. The van der Waals surface area contributed by atoms with E-state index in [1.165, 1.54) is 18.4 Å². The van der Waals surface area contributed by atoms with Crippen LogP contribution >= 0.6 is 11.3 Å². The highest BCUT2D eigenvalue weighted by Crippen LogP contribution is 2.39. The third-order valence-corrected chi connectivity index (χ3v) is 11.3. The molecule has 0 unspecified atom stereocenters. The zero-order chi connectivity index (χ0) is 38.7. The van der Waals surface area contributed by atoms with Gasteiger partial charge in [-0.25, -0.2) is 4.79 Å². The van der Waals surface area contributed by atoms with Crippen molar-refractivity contribution in [2.75, 3.05) is 50.5 Å². The molecule has 0 atom stereocenters. The Hall–Kier alpha value is -5.33. The fourth-order valence-electron chi connectivity index (χ4n) is 7.06. The van der Waals surface area contributed by atoms with Gasteiger partial charge in [-0.15, -0.1) is 11.3 Å². The van der Waals surface area contributed by atoms with Crippen LogP contribution < -0.4 is 10.6 Å². The number of fused-ring (bicyclic) bond motifs is 1. The van der Waals surface area contributed by atoms with Gasteiger partial charge in [-0.1, -0.05) is 36.4 Å². The van der Waals surface area contributed by atoms with E-state index < -0.39 is 0 Å². The zero-order valence-corrected chi connectivity index (χ0v) is 32.3. The van der Waals surface area contributed by atoms with E-state index in [9.17, 15) is 24.0 Å². The van der Waals surface area contributed by atoms with Crippen LogP contribution in [0.25, 0.3) is 0 Å². The van der Waals surface area contributed by atoms with Crippen LogP contribution in [0.15, 0.2) is 72.8 Å². The second kappa shape index (κ2) is 18.8. The third kappa shape index (κ3) is 10.5. The molecule has 1 aliphatic carbocycles. The summed E-state index contributed by atoms with van der Waals surface area (Å²) in [6.45, 7) is 5.23. The van der Waals surface area contributed by atoms with Gasteiger partial charge in [0.05, 0.1) is 31.3 Å². The first-order valence-corrected chi connectivity index (χ1v) is 19.8. The minimum Gasteiger partial charge on any atom is -0.466 e.